The van der Waals surface area contributed by atoms with E-state index in [4.69, 9.17) is 16.3 Å². The van der Waals surface area contributed by atoms with Crippen molar-refractivity contribution in [3.05, 3.63) is 64.8 Å². The lowest BCUT2D eigenvalue weighted by Crippen LogP contribution is -1.94. The van der Waals surface area contributed by atoms with E-state index in [9.17, 15) is 0 Å². The van der Waals surface area contributed by atoms with Crippen LogP contribution in [0.15, 0.2) is 48.7 Å². The van der Waals surface area contributed by atoms with Crippen molar-refractivity contribution in [1.82, 2.24) is 4.57 Å². The maximum absolute atomic E-state index is 6.09. The predicted molar refractivity (Wildman–Crippen MR) is 83.4 cm³/mol. The number of nitrogens with zero attached hydrogens (tertiary/aromatic N) is 1. The van der Waals surface area contributed by atoms with Gasteiger partial charge in [0.15, 0.2) is 0 Å². The highest BCUT2D eigenvalue weighted by molar-refractivity contribution is 6.31. The zero-order chi connectivity index (χ0) is 14.1. The molecule has 0 N–H and O–H groups in total. The van der Waals surface area contributed by atoms with Crippen molar-refractivity contribution >= 4 is 22.5 Å². The molecule has 0 amide bonds. The topological polar surface area (TPSA) is 14.2 Å². The summed E-state index contributed by atoms with van der Waals surface area (Å²) in [5, 5.41) is 1.90. The number of fused-ring (bicyclic) bond motifs is 1. The number of rotatable bonds is 3. The SMILES string of the molecule is Cc1cccc(OCc2cn(C)c3ccc(Cl)cc23)c1. The normalized spacial score (nSPS) is 10.9. The van der Waals surface area contributed by atoms with Crippen molar-refractivity contribution in [2.75, 3.05) is 0 Å². The lowest BCUT2D eigenvalue weighted by molar-refractivity contribution is 0.307. The van der Waals surface area contributed by atoms with E-state index < -0.39 is 0 Å². The third kappa shape index (κ3) is 2.52. The van der Waals surface area contributed by atoms with Crippen molar-refractivity contribution in [3.63, 3.8) is 0 Å². The van der Waals surface area contributed by atoms with E-state index in [2.05, 4.69) is 23.8 Å². The molecule has 0 radical (unpaired) electrons. The maximum Gasteiger partial charge on any atom is 0.120 e. The fourth-order valence-electron chi connectivity index (χ4n) is 2.43. The van der Waals surface area contributed by atoms with Gasteiger partial charge in [-0.3, -0.25) is 0 Å². The zero-order valence-corrected chi connectivity index (χ0v) is 12.3. The van der Waals surface area contributed by atoms with Crippen molar-refractivity contribution in [3.8, 4) is 5.75 Å². The van der Waals surface area contributed by atoms with Gasteiger partial charge in [-0.15, -0.1) is 0 Å². The second-order valence-corrected chi connectivity index (χ2v) is 5.47. The third-order valence-corrected chi connectivity index (χ3v) is 3.65. The largest absolute Gasteiger partial charge is 0.489 e. The van der Waals surface area contributed by atoms with Crippen LogP contribution in [0.1, 0.15) is 11.1 Å². The third-order valence-electron chi connectivity index (χ3n) is 3.42. The van der Waals surface area contributed by atoms with Crippen LogP contribution < -0.4 is 4.74 Å². The smallest absolute Gasteiger partial charge is 0.120 e. The highest BCUT2D eigenvalue weighted by atomic mass is 35.5. The van der Waals surface area contributed by atoms with Gasteiger partial charge in [0.1, 0.15) is 12.4 Å². The van der Waals surface area contributed by atoms with Crippen molar-refractivity contribution in [1.29, 1.82) is 0 Å². The van der Waals surface area contributed by atoms with Gasteiger partial charge in [-0.25, -0.2) is 0 Å². The number of hydrogen-bond acceptors (Lipinski definition) is 1. The van der Waals surface area contributed by atoms with Gasteiger partial charge in [-0.05, 0) is 42.8 Å². The van der Waals surface area contributed by atoms with Crippen LogP contribution in [0.3, 0.4) is 0 Å². The molecule has 0 bridgehead atoms. The van der Waals surface area contributed by atoms with Crippen LogP contribution in [0.2, 0.25) is 5.02 Å². The molecule has 2 aromatic carbocycles. The van der Waals surface area contributed by atoms with E-state index in [0.717, 1.165) is 27.2 Å². The molecule has 0 aliphatic rings. The molecule has 3 rings (SSSR count). The number of aromatic nitrogens is 1. The Bertz CT molecular complexity index is 761. The molecule has 0 fully saturated rings. The molecule has 0 saturated heterocycles. The zero-order valence-electron chi connectivity index (χ0n) is 11.6. The Morgan fingerprint density at radius 3 is 2.80 bits per heavy atom. The average Bonchev–Trinajstić information content (AvgIpc) is 2.73. The molecule has 0 atom stereocenters. The van der Waals surface area contributed by atoms with Crippen LogP contribution in [0.25, 0.3) is 10.9 Å². The fraction of sp³-hybridized carbons (Fsp3) is 0.176. The van der Waals surface area contributed by atoms with E-state index >= 15 is 0 Å². The van der Waals surface area contributed by atoms with E-state index in [0.29, 0.717) is 6.61 Å². The second-order valence-electron chi connectivity index (χ2n) is 5.03. The Morgan fingerprint density at radius 1 is 1.15 bits per heavy atom. The van der Waals surface area contributed by atoms with E-state index in [-0.39, 0.29) is 0 Å². The summed E-state index contributed by atoms with van der Waals surface area (Å²) < 4.78 is 7.98. The molecule has 0 unspecified atom stereocenters. The highest BCUT2D eigenvalue weighted by Gasteiger charge is 2.08. The summed E-state index contributed by atoms with van der Waals surface area (Å²) in [6.45, 7) is 2.60. The molecule has 3 heteroatoms. The van der Waals surface area contributed by atoms with Gasteiger partial charge in [0.2, 0.25) is 0 Å². The lowest BCUT2D eigenvalue weighted by atomic mass is 10.2. The summed E-state index contributed by atoms with van der Waals surface area (Å²) in [6.07, 6.45) is 2.09. The van der Waals surface area contributed by atoms with Gasteiger partial charge in [-0.1, -0.05) is 23.7 Å². The number of halogens is 1. The van der Waals surface area contributed by atoms with Gasteiger partial charge < -0.3 is 9.30 Å². The maximum atomic E-state index is 6.09. The molecule has 20 heavy (non-hydrogen) atoms. The molecule has 1 aromatic heterocycles. The Balaban J connectivity index is 1.89. The summed E-state index contributed by atoms with van der Waals surface area (Å²) in [4.78, 5) is 0. The van der Waals surface area contributed by atoms with Gasteiger partial charge in [0, 0.05) is 34.7 Å². The highest BCUT2D eigenvalue weighted by Crippen LogP contribution is 2.25. The quantitative estimate of drug-likeness (QED) is 0.679. The Labute approximate surface area is 123 Å². The molecular formula is C17H16ClNO. The average molecular weight is 286 g/mol. The minimum atomic E-state index is 0.543. The van der Waals surface area contributed by atoms with Crippen LogP contribution in [0.4, 0.5) is 0 Å². The van der Waals surface area contributed by atoms with Crippen LogP contribution >= 0.6 is 11.6 Å². The van der Waals surface area contributed by atoms with E-state index in [1.165, 1.54) is 5.56 Å². The van der Waals surface area contributed by atoms with Crippen molar-refractivity contribution in [2.24, 2.45) is 7.05 Å². The van der Waals surface area contributed by atoms with Gasteiger partial charge in [0.05, 0.1) is 0 Å². The van der Waals surface area contributed by atoms with Crippen molar-refractivity contribution < 1.29 is 4.74 Å². The van der Waals surface area contributed by atoms with Crippen LogP contribution in [0.5, 0.6) is 5.75 Å². The summed E-state index contributed by atoms with van der Waals surface area (Å²) in [6, 6.07) is 14.0. The summed E-state index contributed by atoms with van der Waals surface area (Å²) >= 11 is 6.09. The predicted octanol–water partition coefficient (Wildman–Crippen LogP) is 4.72. The summed E-state index contributed by atoms with van der Waals surface area (Å²) in [5.41, 5.74) is 3.51. The van der Waals surface area contributed by atoms with Crippen LogP contribution in [-0.2, 0) is 13.7 Å². The monoisotopic (exact) mass is 285 g/mol. The van der Waals surface area contributed by atoms with Gasteiger partial charge >= 0.3 is 0 Å². The molecule has 1 heterocycles. The molecule has 0 aliphatic heterocycles. The molecule has 0 spiro atoms. The molecule has 2 nitrogen and oxygen atoms in total. The first-order chi connectivity index (χ1) is 9.63. The Hall–Kier alpha value is -1.93. The minimum absolute atomic E-state index is 0.543. The van der Waals surface area contributed by atoms with E-state index in [1.807, 2.05) is 43.4 Å². The fourth-order valence-corrected chi connectivity index (χ4v) is 2.60. The molecular weight excluding hydrogens is 270 g/mol. The molecule has 3 aromatic rings. The first-order valence-electron chi connectivity index (χ1n) is 6.56. The molecule has 102 valence electrons. The Morgan fingerprint density at radius 2 is 2.00 bits per heavy atom. The summed E-state index contributed by atoms with van der Waals surface area (Å²) in [7, 11) is 2.03. The van der Waals surface area contributed by atoms with E-state index in [1.54, 1.807) is 0 Å². The first kappa shape index (κ1) is 13.1. The van der Waals surface area contributed by atoms with Crippen LogP contribution in [0, 0.1) is 6.92 Å². The minimum Gasteiger partial charge on any atom is -0.489 e. The first-order valence-corrected chi connectivity index (χ1v) is 6.94. The molecule has 0 aliphatic carbocycles. The number of ether oxygens (including phenoxy) is 1. The molecule has 0 saturated carbocycles. The number of benzene rings is 2. The Kier molecular flexibility index (Phi) is 3.41. The van der Waals surface area contributed by atoms with Crippen LogP contribution in [-0.4, -0.2) is 4.57 Å². The lowest BCUT2D eigenvalue weighted by Gasteiger charge is -2.06. The summed E-state index contributed by atoms with van der Waals surface area (Å²) in [5.74, 6) is 0.893. The van der Waals surface area contributed by atoms with Gasteiger partial charge in [0.25, 0.3) is 0 Å². The van der Waals surface area contributed by atoms with Gasteiger partial charge in [-0.2, -0.15) is 0 Å². The number of aryl methyl sites for hydroxylation is 2. The number of hydrogen-bond donors (Lipinski definition) is 0. The standard InChI is InChI=1S/C17H16ClNO/c1-12-4-3-5-15(8-12)20-11-13-10-19(2)17-7-6-14(18)9-16(13)17/h3-10H,11H2,1-2H3. The second kappa shape index (κ2) is 5.22. The van der Waals surface area contributed by atoms with Crippen molar-refractivity contribution in [2.45, 2.75) is 13.5 Å².